The SMILES string of the molecule is CN(C)[C@H](CNC(=O)N1CCC(CC(N)=O)CC1)C1CCCCC1. The number of amides is 3. The Kier molecular flexibility index (Phi) is 7.34. The number of likely N-dealkylation sites (tertiary alicyclic amines) is 1. The van der Waals surface area contributed by atoms with Crippen LogP contribution in [0.4, 0.5) is 4.79 Å². The first-order valence-corrected chi connectivity index (χ1v) is 9.45. The Morgan fingerprint density at radius 1 is 1.12 bits per heavy atom. The Morgan fingerprint density at radius 2 is 1.75 bits per heavy atom. The summed E-state index contributed by atoms with van der Waals surface area (Å²) in [5.74, 6) is 0.790. The molecule has 1 aliphatic heterocycles. The van der Waals surface area contributed by atoms with Crippen LogP contribution in [0.3, 0.4) is 0 Å². The van der Waals surface area contributed by atoms with Crippen molar-refractivity contribution in [2.45, 2.75) is 57.4 Å². The maximum Gasteiger partial charge on any atom is 0.317 e. The van der Waals surface area contributed by atoms with Crippen molar-refractivity contribution in [3.63, 3.8) is 0 Å². The second kappa shape index (κ2) is 9.25. The van der Waals surface area contributed by atoms with Crippen LogP contribution in [0.1, 0.15) is 51.4 Å². The average molecular weight is 338 g/mol. The number of nitrogens with two attached hydrogens (primary N) is 1. The summed E-state index contributed by atoms with van der Waals surface area (Å²) in [6.07, 6.45) is 8.72. The second-order valence-electron chi connectivity index (χ2n) is 7.72. The van der Waals surface area contributed by atoms with Crippen molar-refractivity contribution in [2.75, 3.05) is 33.7 Å². The molecular weight excluding hydrogens is 304 g/mol. The third-order valence-electron chi connectivity index (χ3n) is 5.71. The first kappa shape index (κ1) is 19.0. The molecule has 1 heterocycles. The molecular formula is C18H34N4O2. The van der Waals surface area contributed by atoms with E-state index in [-0.39, 0.29) is 11.9 Å². The molecule has 2 rings (SSSR count). The molecule has 0 aromatic rings. The van der Waals surface area contributed by atoms with Crippen LogP contribution in [0.25, 0.3) is 0 Å². The van der Waals surface area contributed by atoms with Gasteiger partial charge in [-0.2, -0.15) is 0 Å². The summed E-state index contributed by atoms with van der Waals surface area (Å²) in [6, 6.07) is 0.455. The zero-order valence-electron chi connectivity index (χ0n) is 15.3. The fourth-order valence-electron chi connectivity index (χ4n) is 4.22. The number of rotatable bonds is 6. The second-order valence-corrected chi connectivity index (χ2v) is 7.72. The molecule has 1 atom stereocenters. The molecule has 1 saturated carbocycles. The van der Waals surface area contributed by atoms with Crippen LogP contribution in [-0.2, 0) is 4.79 Å². The number of primary amides is 1. The Labute approximate surface area is 146 Å². The molecule has 6 heteroatoms. The van der Waals surface area contributed by atoms with Gasteiger partial charge in [0.1, 0.15) is 0 Å². The van der Waals surface area contributed by atoms with E-state index < -0.39 is 0 Å². The molecule has 3 N–H and O–H groups in total. The number of piperidine rings is 1. The molecule has 0 aromatic carbocycles. The highest BCUT2D eigenvalue weighted by Gasteiger charge is 2.28. The maximum atomic E-state index is 12.4. The van der Waals surface area contributed by atoms with Crippen molar-refractivity contribution < 1.29 is 9.59 Å². The van der Waals surface area contributed by atoms with Gasteiger partial charge in [0, 0.05) is 32.1 Å². The van der Waals surface area contributed by atoms with Crippen LogP contribution >= 0.6 is 0 Å². The number of nitrogens with zero attached hydrogens (tertiary/aromatic N) is 2. The first-order chi connectivity index (χ1) is 11.5. The minimum Gasteiger partial charge on any atom is -0.370 e. The molecule has 1 aliphatic carbocycles. The predicted molar refractivity (Wildman–Crippen MR) is 95.6 cm³/mol. The minimum atomic E-state index is -0.237. The molecule has 0 radical (unpaired) electrons. The van der Waals surface area contributed by atoms with Crippen molar-refractivity contribution in [3.8, 4) is 0 Å². The number of likely N-dealkylation sites (N-methyl/N-ethyl adjacent to an activating group) is 1. The summed E-state index contributed by atoms with van der Waals surface area (Å²) in [7, 11) is 4.22. The molecule has 24 heavy (non-hydrogen) atoms. The molecule has 0 bridgehead atoms. The van der Waals surface area contributed by atoms with E-state index in [1.165, 1.54) is 32.1 Å². The minimum absolute atomic E-state index is 0.0372. The van der Waals surface area contributed by atoms with E-state index in [1.807, 2.05) is 4.90 Å². The van der Waals surface area contributed by atoms with Gasteiger partial charge in [0.15, 0.2) is 0 Å². The molecule has 1 saturated heterocycles. The Hall–Kier alpha value is -1.30. The van der Waals surface area contributed by atoms with Gasteiger partial charge in [0.25, 0.3) is 0 Å². The van der Waals surface area contributed by atoms with E-state index >= 15 is 0 Å². The summed E-state index contributed by atoms with van der Waals surface area (Å²) in [5, 5.41) is 3.14. The monoisotopic (exact) mass is 338 g/mol. The standard InChI is InChI=1S/C18H34N4O2/c1-21(2)16(15-6-4-3-5-7-15)13-20-18(24)22-10-8-14(9-11-22)12-17(19)23/h14-16H,3-13H2,1-2H3,(H2,19,23)(H,20,24)/t16-/m1/s1. The summed E-state index contributed by atoms with van der Waals surface area (Å²) in [5.41, 5.74) is 5.26. The van der Waals surface area contributed by atoms with Crippen LogP contribution in [0.5, 0.6) is 0 Å². The lowest BCUT2D eigenvalue weighted by Gasteiger charge is -2.36. The number of carbonyl (C=O) groups is 2. The van der Waals surface area contributed by atoms with E-state index in [4.69, 9.17) is 5.73 Å². The largest absolute Gasteiger partial charge is 0.370 e. The van der Waals surface area contributed by atoms with Gasteiger partial charge in [-0.1, -0.05) is 19.3 Å². The van der Waals surface area contributed by atoms with Gasteiger partial charge in [-0.15, -0.1) is 0 Å². The van der Waals surface area contributed by atoms with Gasteiger partial charge < -0.3 is 20.9 Å². The van der Waals surface area contributed by atoms with Crippen LogP contribution in [0.2, 0.25) is 0 Å². The van der Waals surface area contributed by atoms with Crippen molar-refractivity contribution >= 4 is 11.9 Å². The van der Waals surface area contributed by atoms with Crippen molar-refractivity contribution in [1.29, 1.82) is 0 Å². The van der Waals surface area contributed by atoms with E-state index in [1.54, 1.807) is 0 Å². The molecule has 3 amide bonds. The highest BCUT2D eigenvalue weighted by Crippen LogP contribution is 2.28. The van der Waals surface area contributed by atoms with E-state index in [9.17, 15) is 9.59 Å². The highest BCUT2D eigenvalue weighted by atomic mass is 16.2. The number of hydrogen-bond acceptors (Lipinski definition) is 3. The summed E-state index contributed by atoms with van der Waals surface area (Å²) in [6.45, 7) is 2.16. The summed E-state index contributed by atoms with van der Waals surface area (Å²) in [4.78, 5) is 27.6. The molecule has 138 valence electrons. The fraction of sp³-hybridized carbons (Fsp3) is 0.889. The molecule has 2 fully saturated rings. The van der Waals surface area contributed by atoms with Crippen LogP contribution in [0.15, 0.2) is 0 Å². The topological polar surface area (TPSA) is 78.7 Å². The van der Waals surface area contributed by atoms with Crippen molar-refractivity contribution in [3.05, 3.63) is 0 Å². The number of hydrogen-bond donors (Lipinski definition) is 2. The molecule has 2 aliphatic rings. The van der Waals surface area contributed by atoms with Crippen LogP contribution in [-0.4, -0.2) is 61.5 Å². The van der Waals surface area contributed by atoms with Crippen LogP contribution in [0, 0.1) is 11.8 Å². The van der Waals surface area contributed by atoms with Crippen molar-refractivity contribution in [2.24, 2.45) is 17.6 Å². The van der Waals surface area contributed by atoms with Gasteiger partial charge >= 0.3 is 6.03 Å². The van der Waals surface area contributed by atoms with E-state index in [2.05, 4.69) is 24.3 Å². The van der Waals surface area contributed by atoms with Gasteiger partial charge in [-0.25, -0.2) is 4.79 Å². The van der Waals surface area contributed by atoms with Crippen molar-refractivity contribution in [1.82, 2.24) is 15.1 Å². The quantitative estimate of drug-likeness (QED) is 0.775. The highest BCUT2D eigenvalue weighted by molar-refractivity contribution is 5.75. The molecule has 0 unspecified atom stereocenters. The predicted octanol–water partition coefficient (Wildman–Crippen LogP) is 1.79. The average Bonchev–Trinajstić information content (AvgIpc) is 2.55. The third kappa shape index (κ3) is 5.65. The maximum absolute atomic E-state index is 12.4. The molecule has 0 aromatic heterocycles. The number of urea groups is 1. The van der Waals surface area contributed by atoms with Crippen LogP contribution < -0.4 is 11.1 Å². The zero-order chi connectivity index (χ0) is 17.5. The third-order valence-corrected chi connectivity index (χ3v) is 5.71. The fourth-order valence-corrected chi connectivity index (χ4v) is 4.22. The lowest BCUT2D eigenvalue weighted by atomic mass is 9.83. The Bertz CT molecular complexity index is 413. The first-order valence-electron chi connectivity index (χ1n) is 9.45. The summed E-state index contributed by atoms with van der Waals surface area (Å²) >= 11 is 0. The number of nitrogens with one attached hydrogen (secondary N) is 1. The van der Waals surface area contributed by atoms with Gasteiger partial charge in [0.2, 0.25) is 5.91 Å². The number of carbonyl (C=O) groups excluding carboxylic acids is 2. The van der Waals surface area contributed by atoms with E-state index in [0.29, 0.717) is 24.3 Å². The van der Waals surface area contributed by atoms with Gasteiger partial charge in [0.05, 0.1) is 0 Å². The zero-order valence-corrected chi connectivity index (χ0v) is 15.3. The lowest BCUT2D eigenvalue weighted by Crippen LogP contribution is -2.50. The Morgan fingerprint density at radius 3 is 2.29 bits per heavy atom. The normalized spacial score (nSPS) is 21.7. The Balaban J connectivity index is 1.76. The lowest BCUT2D eigenvalue weighted by molar-refractivity contribution is -0.119. The summed E-state index contributed by atoms with van der Waals surface area (Å²) < 4.78 is 0. The van der Waals surface area contributed by atoms with E-state index in [0.717, 1.165) is 32.5 Å². The molecule has 6 nitrogen and oxygen atoms in total. The smallest absolute Gasteiger partial charge is 0.317 e. The van der Waals surface area contributed by atoms with Gasteiger partial charge in [-0.05, 0) is 51.6 Å². The molecule has 0 spiro atoms. The van der Waals surface area contributed by atoms with Gasteiger partial charge in [-0.3, -0.25) is 4.79 Å².